The van der Waals surface area contributed by atoms with Crippen molar-refractivity contribution in [3.05, 3.63) is 59.7 Å². The summed E-state index contributed by atoms with van der Waals surface area (Å²) in [5.74, 6) is -2.13. The molecule has 0 heterocycles. The number of carboxylic acids is 1. The van der Waals surface area contributed by atoms with Gasteiger partial charge in [0.15, 0.2) is 0 Å². The molecule has 0 saturated heterocycles. The number of nitrogens with zero attached hydrogens (tertiary/aromatic N) is 2. The first kappa shape index (κ1) is 31.9. The summed E-state index contributed by atoms with van der Waals surface area (Å²) in [6.45, 7) is 9.42. The number of benzene rings is 2. The quantitative estimate of drug-likeness (QED) is 0.234. The van der Waals surface area contributed by atoms with E-state index in [-0.39, 0.29) is 25.5 Å². The van der Waals surface area contributed by atoms with E-state index < -0.39 is 47.5 Å². The minimum Gasteiger partial charge on any atom is -0.480 e. The highest BCUT2D eigenvalue weighted by molar-refractivity contribution is 5.98. The molecule has 3 rings (SSSR count). The Balaban J connectivity index is 1.68. The average molecular weight is 583 g/mol. The monoisotopic (exact) mass is 582 g/mol. The predicted octanol–water partition coefficient (Wildman–Crippen LogP) is 4.86. The predicted molar refractivity (Wildman–Crippen MR) is 155 cm³/mol. The van der Waals surface area contributed by atoms with Gasteiger partial charge in [0.1, 0.15) is 23.9 Å². The number of fused-ring (bicyclic) bond motifs is 3. The lowest BCUT2D eigenvalue weighted by molar-refractivity contribution is -0.139. The number of hydrogen-bond donors (Lipinski definition) is 3. The molecule has 12 heteroatoms. The topological polar surface area (TPSA) is 170 Å². The first-order chi connectivity index (χ1) is 19.6. The summed E-state index contributed by atoms with van der Waals surface area (Å²) in [6, 6.07) is 14.2. The highest BCUT2D eigenvalue weighted by Crippen LogP contribution is 2.44. The Hall–Kier alpha value is -4.61. The molecule has 0 aliphatic heterocycles. The summed E-state index contributed by atoms with van der Waals surface area (Å²) in [7, 11) is 0. The summed E-state index contributed by atoms with van der Waals surface area (Å²) in [6.07, 6.45) is -3.25. The van der Waals surface area contributed by atoms with Gasteiger partial charge in [0.2, 0.25) is 5.96 Å². The van der Waals surface area contributed by atoms with Crippen LogP contribution in [0, 0.1) is 0 Å². The number of nitrogens with two attached hydrogens (primary N) is 1. The van der Waals surface area contributed by atoms with Crippen LogP contribution >= 0.6 is 0 Å². The summed E-state index contributed by atoms with van der Waals surface area (Å²) in [5.41, 5.74) is 8.27. The molecule has 0 spiro atoms. The van der Waals surface area contributed by atoms with Crippen LogP contribution in [0.4, 0.5) is 14.4 Å². The van der Waals surface area contributed by atoms with Gasteiger partial charge in [-0.1, -0.05) is 48.5 Å². The number of hydrogen-bond acceptors (Lipinski definition) is 7. The van der Waals surface area contributed by atoms with Gasteiger partial charge >= 0.3 is 24.2 Å². The van der Waals surface area contributed by atoms with Crippen LogP contribution in [0.1, 0.15) is 65.0 Å². The van der Waals surface area contributed by atoms with Crippen molar-refractivity contribution < 1.29 is 38.5 Å². The average Bonchev–Trinajstić information content (AvgIpc) is 3.18. The molecule has 3 amide bonds. The molecule has 4 N–H and O–H groups in total. The molecule has 0 fully saturated rings. The molecule has 2 aromatic carbocycles. The number of carbonyl (C=O) groups excluding carboxylic acids is 3. The number of alkyl carbamates (subject to hydrolysis) is 1. The molecule has 2 aromatic rings. The minimum absolute atomic E-state index is 0.00821. The molecule has 12 nitrogen and oxygen atoms in total. The molecule has 0 radical (unpaired) electrons. The summed E-state index contributed by atoms with van der Waals surface area (Å²) in [4.78, 5) is 54.1. The molecule has 1 atom stereocenters. The maximum Gasteiger partial charge on any atom is 0.437 e. The smallest absolute Gasteiger partial charge is 0.437 e. The van der Waals surface area contributed by atoms with Crippen LogP contribution in [-0.4, -0.2) is 70.6 Å². The summed E-state index contributed by atoms with van der Waals surface area (Å²) >= 11 is 0. The molecule has 0 bridgehead atoms. The van der Waals surface area contributed by atoms with Crippen molar-refractivity contribution in [2.24, 2.45) is 10.7 Å². The number of carbonyl (C=O) groups is 4. The third kappa shape index (κ3) is 8.69. The third-order valence-corrected chi connectivity index (χ3v) is 6.06. The Morgan fingerprint density at radius 3 is 1.95 bits per heavy atom. The SMILES string of the molecule is CC(C)(C)OC(=O)N=C(N)N(CC[C@H](NC(=O)OCC1c2ccccc2-c2ccccc21)C(=O)O)C(=O)OC(C)(C)C. The van der Waals surface area contributed by atoms with Crippen LogP contribution in [0.2, 0.25) is 0 Å². The van der Waals surface area contributed by atoms with E-state index in [1.165, 1.54) is 0 Å². The maximum atomic E-state index is 12.9. The molecule has 1 aliphatic carbocycles. The molecule has 0 unspecified atom stereocenters. The van der Waals surface area contributed by atoms with Gasteiger partial charge in [0.25, 0.3) is 0 Å². The van der Waals surface area contributed by atoms with E-state index in [2.05, 4.69) is 10.3 Å². The number of rotatable bonds is 7. The largest absolute Gasteiger partial charge is 0.480 e. The molecule has 0 aromatic heterocycles. The van der Waals surface area contributed by atoms with Crippen molar-refractivity contribution in [1.29, 1.82) is 0 Å². The number of guanidine groups is 1. The Kier molecular flexibility index (Phi) is 9.82. The minimum atomic E-state index is -1.46. The van der Waals surface area contributed by atoms with Gasteiger partial charge in [-0.3, -0.25) is 0 Å². The van der Waals surface area contributed by atoms with Crippen molar-refractivity contribution in [3.8, 4) is 11.1 Å². The van der Waals surface area contributed by atoms with E-state index in [1.54, 1.807) is 41.5 Å². The van der Waals surface area contributed by atoms with Gasteiger partial charge in [-0.25, -0.2) is 24.1 Å². The van der Waals surface area contributed by atoms with Gasteiger partial charge in [0.05, 0.1) is 0 Å². The summed E-state index contributed by atoms with van der Waals surface area (Å²) in [5, 5.41) is 12.1. The van der Waals surface area contributed by atoms with Crippen LogP contribution in [0.3, 0.4) is 0 Å². The first-order valence-corrected chi connectivity index (χ1v) is 13.5. The number of aliphatic carboxylic acids is 1. The Bertz CT molecular complexity index is 1310. The molecule has 1 aliphatic rings. The second-order valence-corrected chi connectivity index (χ2v) is 11.7. The van der Waals surface area contributed by atoms with Crippen LogP contribution < -0.4 is 11.1 Å². The lowest BCUT2D eigenvalue weighted by atomic mass is 9.98. The molecule has 226 valence electrons. The molecule has 42 heavy (non-hydrogen) atoms. The van der Waals surface area contributed by atoms with E-state index in [1.807, 2.05) is 48.5 Å². The van der Waals surface area contributed by atoms with Crippen molar-refractivity contribution >= 4 is 30.2 Å². The second-order valence-electron chi connectivity index (χ2n) is 11.7. The zero-order chi connectivity index (χ0) is 31.2. The number of ether oxygens (including phenoxy) is 3. The Morgan fingerprint density at radius 1 is 0.929 bits per heavy atom. The summed E-state index contributed by atoms with van der Waals surface area (Å²) < 4.78 is 15.9. The van der Waals surface area contributed by atoms with Crippen LogP contribution in [0.15, 0.2) is 53.5 Å². The van der Waals surface area contributed by atoms with Crippen molar-refractivity contribution in [1.82, 2.24) is 10.2 Å². The Labute approximate surface area is 244 Å². The second kappa shape index (κ2) is 12.9. The van der Waals surface area contributed by atoms with Gasteiger partial charge in [-0.2, -0.15) is 0 Å². The number of nitrogens with one attached hydrogen (secondary N) is 1. The van der Waals surface area contributed by atoms with E-state index >= 15 is 0 Å². The maximum absolute atomic E-state index is 12.9. The zero-order valence-electron chi connectivity index (χ0n) is 24.7. The lowest BCUT2D eigenvalue weighted by Crippen LogP contribution is -2.49. The van der Waals surface area contributed by atoms with Gasteiger partial charge < -0.3 is 30.4 Å². The fourth-order valence-electron chi connectivity index (χ4n) is 4.35. The van der Waals surface area contributed by atoms with Gasteiger partial charge in [-0.05, 0) is 70.2 Å². The fourth-order valence-corrected chi connectivity index (χ4v) is 4.35. The van der Waals surface area contributed by atoms with E-state index in [0.717, 1.165) is 27.2 Å². The first-order valence-electron chi connectivity index (χ1n) is 13.5. The van der Waals surface area contributed by atoms with E-state index in [9.17, 15) is 24.3 Å². The van der Waals surface area contributed by atoms with Crippen LogP contribution in [0.5, 0.6) is 0 Å². The Morgan fingerprint density at radius 2 is 1.45 bits per heavy atom. The fraction of sp³-hybridized carbons (Fsp3) is 0.433. The highest BCUT2D eigenvalue weighted by Gasteiger charge is 2.31. The van der Waals surface area contributed by atoms with Crippen LogP contribution in [-0.2, 0) is 19.0 Å². The number of aliphatic imine (C=N–C) groups is 1. The molecular weight excluding hydrogens is 544 g/mol. The van der Waals surface area contributed by atoms with E-state index in [0.29, 0.717) is 0 Å². The van der Waals surface area contributed by atoms with Crippen LogP contribution in [0.25, 0.3) is 11.1 Å². The van der Waals surface area contributed by atoms with Gasteiger partial charge in [0, 0.05) is 12.5 Å². The zero-order valence-corrected chi connectivity index (χ0v) is 24.7. The molecule has 0 saturated carbocycles. The van der Waals surface area contributed by atoms with E-state index in [4.69, 9.17) is 19.9 Å². The molecular formula is C30H38N4O8. The van der Waals surface area contributed by atoms with Gasteiger partial charge in [-0.15, -0.1) is 4.99 Å². The van der Waals surface area contributed by atoms with Crippen molar-refractivity contribution in [3.63, 3.8) is 0 Å². The lowest BCUT2D eigenvalue weighted by Gasteiger charge is -2.27. The number of carboxylic acid groups (broad SMARTS) is 1. The third-order valence-electron chi connectivity index (χ3n) is 6.06. The number of amides is 3. The normalized spacial score (nSPS) is 13.8. The highest BCUT2D eigenvalue weighted by atomic mass is 16.6. The van der Waals surface area contributed by atoms with Crippen molar-refractivity contribution in [2.75, 3.05) is 13.2 Å². The standard InChI is InChI=1S/C30H38N4O8/c1-29(2,3)41-27(38)33-25(31)34(28(39)42-30(4,5)6)16-15-23(24(35)36)32-26(37)40-17-22-20-13-9-7-11-18(20)19-12-8-10-14-21(19)22/h7-14,22-23H,15-17H2,1-6H3,(H,32,37)(H,35,36)(H2,31,33,38)/t23-/m0/s1. The van der Waals surface area contributed by atoms with Crippen molar-refractivity contribution in [2.45, 2.75) is 71.1 Å².